The Balaban J connectivity index is 2.17. The van der Waals surface area contributed by atoms with E-state index >= 15 is 0 Å². The first kappa shape index (κ1) is 13.5. The Morgan fingerprint density at radius 2 is 1.53 bits per heavy atom. The Morgan fingerprint density at radius 1 is 0.947 bits per heavy atom. The number of alkyl halides is 3. The molecule has 0 atom stereocenters. The monoisotopic (exact) mass is 288 g/mol. The number of phenolic OH excluding ortho intramolecular Hbond substituents is 1. The number of hydrogen-bond acceptors (Lipinski definition) is 2. The number of benzene rings is 2. The van der Waals surface area contributed by atoms with Crippen LogP contribution in [0.15, 0.2) is 42.5 Å². The van der Waals surface area contributed by atoms with E-state index in [-0.39, 0.29) is 16.5 Å². The first-order valence-electron chi connectivity index (χ1n) is 5.20. The predicted molar refractivity (Wildman–Crippen MR) is 64.6 cm³/mol. The van der Waals surface area contributed by atoms with Crippen molar-refractivity contribution in [2.75, 3.05) is 0 Å². The van der Waals surface area contributed by atoms with Crippen LogP contribution in [0.25, 0.3) is 0 Å². The van der Waals surface area contributed by atoms with Crippen LogP contribution >= 0.6 is 11.6 Å². The Hall–Kier alpha value is -1.88. The van der Waals surface area contributed by atoms with Crippen LogP contribution in [0.5, 0.6) is 17.2 Å². The quantitative estimate of drug-likeness (QED) is 0.855. The summed E-state index contributed by atoms with van der Waals surface area (Å²) in [7, 11) is 0. The minimum Gasteiger partial charge on any atom is -0.506 e. The summed E-state index contributed by atoms with van der Waals surface area (Å²) in [5.41, 5.74) is -0.747. The van der Waals surface area contributed by atoms with E-state index in [1.807, 2.05) is 0 Å². The van der Waals surface area contributed by atoms with Gasteiger partial charge in [-0.1, -0.05) is 11.6 Å². The van der Waals surface area contributed by atoms with Crippen LogP contribution in [0.2, 0.25) is 5.02 Å². The fourth-order valence-electron chi connectivity index (χ4n) is 1.40. The van der Waals surface area contributed by atoms with E-state index in [9.17, 15) is 18.3 Å². The summed E-state index contributed by atoms with van der Waals surface area (Å²) < 4.78 is 42.4. The summed E-state index contributed by atoms with van der Waals surface area (Å²) in [5, 5.41) is 9.32. The summed E-state index contributed by atoms with van der Waals surface area (Å²) in [6.45, 7) is 0. The molecule has 100 valence electrons. The second-order valence-electron chi connectivity index (χ2n) is 3.74. The van der Waals surface area contributed by atoms with Crippen LogP contribution in [0.3, 0.4) is 0 Å². The van der Waals surface area contributed by atoms with Crippen LogP contribution in [0, 0.1) is 0 Å². The predicted octanol–water partition coefficient (Wildman–Crippen LogP) is 4.86. The highest BCUT2D eigenvalue weighted by Crippen LogP contribution is 2.33. The lowest BCUT2D eigenvalue weighted by Crippen LogP contribution is -2.03. The maximum atomic E-state index is 12.4. The molecule has 0 radical (unpaired) electrons. The van der Waals surface area contributed by atoms with Crippen molar-refractivity contribution in [3.8, 4) is 17.2 Å². The molecule has 2 rings (SSSR count). The molecule has 0 saturated carbocycles. The van der Waals surface area contributed by atoms with Gasteiger partial charge in [-0.25, -0.2) is 0 Å². The highest BCUT2D eigenvalue weighted by molar-refractivity contribution is 6.32. The Labute approximate surface area is 112 Å². The van der Waals surface area contributed by atoms with Crippen LogP contribution in [0.1, 0.15) is 5.56 Å². The van der Waals surface area contributed by atoms with Gasteiger partial charge in [0.2, 0.25) is 0 Å². The molecule has 0 spiro atoms. The van der Waals surface area contributed by atoms with Crippen LogP contribution in [0.4, 0.5) is 13.2 Å². The molecular formula is C13H8ClF3O2. The number of rotatable bonds is 2. The highest BCUT2D eigenvalue weighted by atomic mass is 35.5. The molecule has 0 fully saturated rings. The van der Waals surface area contributed by atoms with Crippen LogP contribution < -0.4 is 4.74 Å². The van der Waals surface area contributed by atoms with Gasteiger partial charge in [0.25, 0.3) is 0 Å². The van der Waals surface area contributed by atoms with Crippen molar-refractivity contribution in [3.63, 3.8) is 0 Å². The molecule has 0 aliphatic heterocycles. The van der Waals surface area contributed by atoms with Gasteiger partial charge in [-0.15, -0.1) is 0 Å². The standard InChI is InChI=1S/C13H8ClF3O2/c14-11-7-10(5-6-12(11)18)19-9-3-1-8(2-4-9)13(15,16)17/h1-7,18H. The molecule has 0 heterocycles. The van der Waals surface area contributed by atoms with Crippen molar-refractivity contribution in [1.29, 1.82) is 0 Å². The molecule has 0 aromatic heterocycles. The molecule has 6 heteroatoms. The Bertz CT molecular complexity index is 579. The molecule has 0 saturated heterocycles. The smallest absolute Gasteiger partial charge is 0.416 e. The van der Waals surface area contributed by atoms with E-state index in [0.29, 0.717) is 5.75 Å². The first-order valence-corrected chi connectivity index (χ1v) is 5.58. The second kappa shape index (κ2) is 5.01. The summed E-state index contributed by atoms with van der Waals surface area (Å²) in [4.78, 5) is 0. The third kappa shape index (κ3) is 3.32. The lowest BCUT2D eigenvalue weighted by molar-refractivity contribution is -0.137. The molecule has 0 aliphatic rings. The fourth-order valence-corrected chi connectivity index (χ4v) is 1.57. The maximum Gasteiger partial charge on any atom is 0.416 e. The van der Waals surface area contributed by atoms with E-state index in [1.54, 1.807) is 0 Å². The van der Waals surface area contributed by atoms with Crippen molar-refractivity contribution in [3.05, 3.63) is 53.1 Å². The van der Waals surface area contributed by atoms with E-state index in [1.165, 1.54) is 30.3 Å². The summed E-state index contributed by atoms with van der Waals surface area (Å²) in [5.74, 6) is 0.471. The molecule has 0 aliphatic carbocycles. The van der Waals surface area contributed by atoms with Gasteiger partial charge < -0.3 is 9.84 Å². The average molecular weight is 289 g/mol. The molecule has 0 unspecified atom stereocenters. The number of halogens is 4. The number of hydrogen-bond donors (Lipinski definition) is 1. The summed E-state index contributed by atoms with van der Waals surface area (Å²) in [6.07, 6.45) is -4.37. The van der Waals surface area contributed by atoms with E-state index in [4.69, 9.17) is 16.3 Å². The third-order valence-electron chi connectivity index (χ3n) is 2.34. The van der Waals surface area contributed by atoms with Crippen molar-refractivity contribution in [2.45, 2.75) is 6.18 Å². The zero-order chi connectivity index (χ0) is 14.0. The van der Waals surface area contributed by atoms with Gasteiger partial charge >= 0.3 is 6.18 Å². The minimum atomic E-state index is -4.37. The van der Waals surface area contributed by atoms with Gasteiger partial charge in [0.05, 0.1) is 10.6 Å². The normalized spacial score (nSPS) is 11.4. The van der Waals surface area contributed by atoms with Gasteiger partial charge in [0, 0.05) is 6.07 Å². The lowest BCUT2D eigenvalue weighted by atomic mass is 10.2. The third-order valence-corrected chi connectivity index (χ3v) is 2.64. The zero-order valence-electron chi connectivity index (χ0n) is 9.41. The molecule has 0 bridgehead atoms. The van der Waals surface area contributed by atoms with Crippen molar-refractivity contribution < 1.29 is 23.0 Å². The average Bonchev–Trinajstić information content (AvgIpc) is 2.33. The maximum absolute atomic E-state index is 12.4. The fraction of sp³-hybridized carbons (Fsp3) is 0.0769. The van der Waals surface area contributed by atoms with E-state index in [0.717, 1.165) is 12.1 Å². The Morgan fingerprint density at radius 3 is 2.05 bits per heavy atom. The second-order valence-corrected chi connectivity index (χ2v) is 4.14. The minimum absolute atomic E-state index is 0.0959. The largest absolute Gasteiger partial charge is 0.506 e. The molecule has 1 N–H and O–H groups in total. The molecule has 19 heavy (non-hydrogen) atoms. The lowest BCUT2D eigenvalue weighted by Gasteiger charge is -2.09. The molecule has 2 nitrogen and oxygen atoms in total. The zero-order valence-corrected chi connectivity index (χ0v) is 10.2. The summed E-state index contributed by atoms with van der Waals surface area (Å²) in [6, 6.07) is 8.44. The SMILES string of the molecule is Oc1ccc(Oc2ccc(C(F)(F)F)cc2)cc1Cl. The van der Waals surface area contributed by atoms with Gasteiger partial charge in [-0.3, -0.25) is 0 Å². The van der Waals surface area contributed by atoms with Crippen molar-refractivity contribution in [2.24, 2.45) is 0 Å². The summed E-state index contributed by atoms with van der Waals surface area (Å²) >= 11 is 5.69. The van der Waals surface area contributed by atoms with Gasteiger partial charge in [0.15, 0.2) is 0 Å². The molecule has 2 aromatic carbocycles. The molecular weight excluding hydrogens is 281 g/mol. The van der Waals surface area contributed by atoms with E-state index in [2.05, 4.69) is 0 Å². The number of phenols is 1. The van der Waals surface area contributed by atoms with Crippen LogP contribution in [-0.2, 0) is 6.18 Å². The van der Waals surface area contributed by atoms with Gasteiger partial charge in [-0.2, -0.15) is 13.2 Å². The molecule has 0 amide bonds. The topological polar surface area (TPSA) is 29.5 Å². The number of ether oxygens (including phenoxy) is 1. The highest BCUT2D eigenvalue weighted by Gasteiger charge is 2.30. The van der Waals surface area contributed by atoms with Crippen molar-refractivity contribution in [1.82, 2.24) is 0 Å². The van der Waals surface area contributed by atoms with Gasteiger partial charge in [-0.05, 0) is 36.4 Å². The van der Waals surface area contributed by atoms with E-state index < -0.39 is 11.7 Å². The molecule has 2 aromatic rings. The Kier molecular flexibility index (Phi) is 3.57. The number of aromatic hydroxyl groups is 1. The van der Waals surface area contributed by atoms with Gasteiger partial charge in [0.1, 0.15) is 17.2 Å². The van der Waals surface area contributed by atoms with Crippen LogP contribution in [-0.4, -0.2) is 5.11 Å². The first-order chi connectivity index (χ1) is 8.86. The van der Waals surface area contributed by atoms with Crippen molar-refractivity contribution >= 4 is 11.6 Å².